The highest BCUT2D eigenvalue weighted by Gasteiger charge is 2.23. The molecule has 1 aromatic carbocycles. The Balaban J connectivity index is 3.03. The highest BCUT2D eigenvalue weighted by Crippen LogP contribution is 2.31. The van der Waals surface area contributed by atoms with E-state index in [1.54, 1.807) is 19.2 Å². The lowest BCUT2D eigenvalue weighted by Gasteiger charge is -2.23. The normalized spacial score (nSPS) is 14.7. The zero-order valence-corrected chi connectivity index (χ0v) is 12.2. The lowest BCUT2D eigenvalue weighted by Crippen LogP contribution is -2.28. The number of halogens is 3. The first-order valence-corrected chi connectivity index (χ1v) is 6.61. The molecule has 2 atom stereocenters. The maximum absolute atomic E-state index is 14.0. The molecule has 0 heterocycles. The number of ether oxygens (including phenoxy) is 1. The fourth-order valence-corrected chi connectivity index (χ4v) is 2.21. The molecule has 2 nitrogen and oxygen atoms in total. The third-order valence-corrected chi connectivity index (χ3v) is 3.96. The van der Waals surface area contributed by atoms with Gasteiger partial charge in [-0.3, -0.25) is 0 Å². The Morgan fingerprint density at radius 3 is 2.71 bits per heavy atom. The van der Waals surface area contributed by atoms with Crippen molar-refractivity contribution >= 4 is 27.5 Å². The molecule has 0 saturated carbocycles. The number of methoxy groups -OCH3 is 1. The Kier molecular flexibility index (Phi) is 5.86. The van der Waals surface area contributed by atoms with Gasteiger partial charge in [-0.25, -0.2) is 4.39 Å². The molecule has 0 bridgehead atoms. The third-order valence-electron chi connectivity index (χ3n) is 2.70. The van der Waals surface area contributed by atoms with Gasteiger partial charge in [0.15, 0.2) is 0 Å². The number of nitrogens with two attached hydrogens (primary N) is 1. The summed E-state index contributed by atoms with van der Waals surface area (Å²) in [7, 11) is 1.58. The molecule has 0 amide bonds. The zero-order chi connectivity index (χ0) is 13.0. The minimum Gasteiger partial charge on any atom is -0.379 e. The number of hydrogen-bond donors (Lipinski definition) is 1. The molecule has 0 aliphatic heterocycles. The second-order valence-electron chi connectivity index (χ2n) is 3.85. The van der Waals surface area contributed by atoms with Crippen molar-refractivity contribution in [3.05, 3.63) is 33.0 Å². The van der Waals surface area contributed by atoms with E-state index in [-0.39, 0.29) is 11.1 Å². The highest BCUT2D eigenvalue weighted by atomic mass is 79.9. The fraction of sp³-hybridized carbons (Fsp3) is 0.500. The molecule has 17 heavy (non-hydrogen) atoms. The second kappa shape index (κ2) is 6.69. The Morgan fingerprint density at radius 2 is 2.18 bits per heavy atom. The van der Waals surface area contributed by atoms with E-state index in [4.69, 9.17) is 22.1 Å². The molecule has 5 heteroatoms. The van der Waals surface area contributed by atoms with Crippen LogP contribution in [0.25, 0.3) is 0 Å². The summed E-state index contributed by atoms with van der Waals surface area (Å²) < 4.78 is 19.8. The lowest BCUT2D eigenvalue weighted by molar-refractivity contribution is 0.0715. The van der Waals surface area contributed by atoms with Crippen molar-refractivity contribution in [1.82, 2.24) is 0 Å². The van der Waals surface area contributed by atoms with Crippen LogP contribution in [-0.4, -0.2) is 13.2 Å². The predicted octanol–water partition coefficient (Wildman–Crippen LogP) is 4.06. The van der Waals surface area contributed by atoms with Gasteiger partial charge in [-0.15, -0.1) is 0 Å². The maximum atomic E-state index is 14.0. The van der Waals surface area contributed by atoms with Gasteiger partial charge < -0.3 is 10.5 Å². The van der Waals surface area contributed by atoms with E-state index in [2.05, 4.69) is 15.9 Å². The van der Waals surface area contributed by atoms with Crippen LogP contribution in [0.2, 0.25) is 5.02 Å². The van der Waals surface area contributed by atoms with Crippen molar-refractivity contribution in [2.75, 3.05) is 7.11 Å². The van der Waals surface area contributed by atoms with Gasteiger partial charge in [0.1, 0.15) is 5.82 Å². The molecule has 2 unspecified atom stereocenters. The first kappa shape index (κ1) is 14.9. The van der Waals surface area contributed by atoms with E-state index in [9.17, 15) is 4.39 Å². The molecule has 0 aromatic heterocycles. The SMILES string of the molecule is CCCC(OC)C(N)c1ccc(Br)c(Cl)c1F. The van der Waals surface area contributed by atoms with Crippen LogP contribution >= 0.6 is 27.5 Å². The second-order valence-corrected chi connectivity index (χ2v) is 5.09. The van der Waals surface area contributed by atoms with E-state index >= 15 is 0 Å². The van der Waals surface area contributed by atoms with Crippen LogP contribution in [0.15, 0.2) is 16.6 Å². The quantitative estimate of drug-likeness (QED) is 0.829. The Bertz CT molecular complexity index is 389. The van der Waals surface area contributed by atoms with Gasteiger partial charge in [-0.05, 0) is 28.4 Å². The van der Waals surface area contributed by atoms with Gasteiger partial charge in [-0.2, -0.15) is 0 Å². The van der Waals surface area contributed by atoms with Crippen molar-refractivity contribution in [2.24, 2.45) is 5.73 Å². The predicted molar refractivity (Wildman–Crippen MR) is 71.7 cm³/mol. The smallest absolute Gasteiger partial charge is 0.147 e. The van der Waals surface area contributed by atoms with E-state index in [0.717, 1.165) is 12.8 Å². The van der Waals surface area contributed by atoms with E-state index in [0.29, 0.717) is 10.0 Å². The van der Waals surface area contributed by atoms with Crippen LogP contribution in [0, 0.1) is 5.82 Å². The van der Waals surface area contributed by atoms with E-state index in [1.165, 1.54) is 0 Å². The van der Waals surface area contributed by atoms with Crippen LogP contribution in [-0.2, 0) is 4.74 Å². The van der Waals surface area contributed by atoms with Crippen LogP contribution in [0.5, 0.6) is 0 Å². The topological polar surface area (TPSA) is 35.2 Å². The van der Waals surface area contributed by atoms with Gasteiger partial charge in [0.25, 0.3) is 0 Å². The number of rotatable bonds is 5. The summed E-state index contributed by atoms with van der Waals surface area (Å²) in [6.07, 6.45) is 1.51. The maximum Gasteiger partial charge on any atom is 0.147 e. The van der Waals surface area contributed by atoms with E-state index in [1.807, 2.05) is 6.92 Å². The monoisotopic (exact) mass is 323 g/mol. The molecule has 96 valence electrons. The molecular formula is C12H16BrClFNO. The minimum atomic E-state index is -0.509. The molecule has 0 spiro atoms. The van der Waals surface area contributed by atoms with Crippen molar-refractivity contribution in [3.8, 4) is 0 Å². The third kappa shape index (κ3) is 3.41. The summed E-state index contributed by atoms with van der Waals surface area (Å²) in [6, 6.07) is 2.82. The molecule has 2 N–H and O–H groups in total. The molecular weight excluding hydrogens is 308 g/mol. The van der Waals surface area contributed by atoms with Crippen molar-refractivity contribution in [1.29, 1.82) is 0 Å². The summed E-state index contributed by atoms with van der Waals surface area (Å²) in [4.78, 5) is 0. The van der Waals surface area contributed by atoms with Gasteiger partial charge in [-0.1, -0.05) is 31.0 Å². The first-order chi connectivity index (χ1) is 8.02. The minimum absolute atomic E-state index is 0.0595. The molecule has 1 rings (SSSR count). The van der Waals surface area contributed by atoms with Crippen LogP contribution in [0.3, 0.4) is 0 Å². The largest absolute Gasteiger partial charge is 0.379 e. The van der Waals surface area contributed by atoms with Gasteiger partial charge >= 0.3 is 0 Å². The summed E-state index contributed by atoms with van der Waals surface area (Å²) in [6.45, 7) is 2.03. The van der Waals surface area contributed by atoms with Crippen molar-refractivity contribution in [2.45, 2.75) is 31.9 Å². The zero-order valence-electron chi connectivity index (χ0n) is 9.84. The summed E-state index contributed by atoms with van der Waals surface area (Å²) >= 11 is 9.00. The van der Waals surface area contributed by atoms with Crippen molar-refractivity contribution < 1.29 is 9.13 Å². The molecule has 0 aliphatic carbocycles. The summed E-state index contributed by atoms with van der Waals surface area (Å²) in [5.41, 5.74) is 6.40. The number of benzene rings is 1. The Labute approximate surface area is 114 Å². The standard InChI is InChI=1S/C12H16BrClFNO/c1-3-4-9(17-2)12(16)7-5-6-8(13)10(14)11(7)15/h5-6,9,12H,3-4,16H2,1-2H3. The van der Waals surface area contributed by atoms with Crippen LogP contribution < -0.4 is 5.73 Å². The van der Waals surface area contributed by atoms with Gasteiger partial charge in [0.2, 0.25) is 0 Å². The van der Waals surface area contributed by atoms with Crippen LogP contribution in [0.1, 0.15) is 31.4 Å². The molecule has 0 saturated heterocycles. The lowest BCUT2D eigenvalue weighted by atomic mass is 9.98. The van der Waals surface area contributed by atoms with Gasteiger partial charge in [0, 0.05) is 17.1 Å². The van der Waals surface area contributed by atoms with Gasteiger partial charge in [0.05, 0.1) is 17.2 Å². The molecule has 0 aliphatic rings. The average Bonchev–Trinajstić information content (AvgIpc) is 2.32. The highest BCUT2D eigenvalue weighted by molar-refractivity contribution is 9.10. The molecule has 1 aromatic rings. The number of hydrogen-bond acceptors (Lipinski definition) is 2. The van der Waals surface area contributed by atoms with Crippen LogP contribution in [0.4, 0.5) is 4.39 Å². The Hall–Kier alpha value is -0.160. The first-order valence-electron chi connectivity index (χ1n) is 5.44. The molecule has 0 radical (unpaired) electrons. The fourth-order valence-electron chi connectivity index (χ4n) is 1.73. The average molecular weight is 325 g/mol. The summed E-state index contributed by atoms with van der Waals surface area (Å²) in [5, 5.41) is 0.0595. The summed E-state index contributed by atoms with van der Waals surface area (Å²) in [5.74, 6) is -0.480. The molecule has 0 fully saturated rings. The Morgan fingerprint density at radius 1 is 1.53 bits per heavy atom. The van der Waals surface area contributed by atoms with Crippen molar-refractivity contribution in [3.63, 3.8) is 0 Å². The van der Waals surface area contributed by atoms with E-state index < -0.39 is 11.9 Å².